The Morgan fingerprint density at radius 2 is 1.69 bits per heavy atom. The van der Waals surface area contributed by atoms with Crippen LogP contribution in [0.25, 0.3) is 11.3 Å². The molecule has 9 heteroatoms. The normalized spacial score (nSPS) is 14.0. The summed E-state index contributed by atoms with van der Waals surface area (Å²) in [5.41, 5.74) is 1.12. The molecule has 1 aliphatic rings. The maximum atomic E-state index is 13.2. The molecule has 0 unspecified atom stereocenters. The molecule has 4 rings (SSSR count). The Morgan fingerprint density at radius 1 is 1.00 bits per heavy atom. The molecular formula is C23H20Cl2FN3O3. The highest BCUT2D eigenvalue weighted by molar-refractivity contribution is 6.33. The number of aryl methyl sites for hydroxylation is 1. The van der Waals surface area contributed by atoms with Crippen LogP contribution < -0.4 is 0 Å². The van der Waals surface area contributed by atoms with Crippen molar-refractivity contribution >= 4 is 35.0 Å². The number of benzene rings is 2. The highest BCUT2D eigenvalue weighted by Crippen LogP contribution is 2.23. The molecule has 2 aromatic carbocycles. The zero-order valence-corrected chi connectivity index (χ0v) is 18.6. The van der Waals surface area contributed by atoms with Crippen LogP contribution in [0.15, 0.2) is 53.1 Å². The molecule has 166 valence electrons. The Morgan fingerprint density at radius 3 is 2.38 bits per heavy atom. The summed E-state index contributed by atoms with van der Waals surface area (Å²) >= 11 is 11.9. The maximum absolute atomic E-state index is 13.2. The van der Waals surface area contributed by atoms with Crippen LogP contribution in [0.3, 0.4) is 0 Å². The Bertz CT molecular complexity index is 1130. The van der Waals surface area contributed by atoms with E-state index in [4.69, 9.17) is 27.6 Å². The molecule has 2 amide bonds. The minimum Gasteiger partial charge on any atom is -0.441 e. The number of rotatable bonds is 5. The van der Waals surface area contributed by atoms with Crippen LogP contribution in [-0.2, 0) is 11.2 Å². The first kappa shape index (κ1) is 22.3. The van der Waals surface area contributed by atoms with Crippen molar-refractivity contribution in [3.63, 3.8) is 0 Å². The van der Waals surface area contributed by atoms with Crippen LogP contribution in [0.4, 0.5) is 4.39 Å². The first-order valence-electron chi connectivity index (χ1n) is 10.1. The third kappa shape index (κ3) is 5.11. The smallest absolute Gasteiger partial charge is 0.255 e. The first-order valence-corrected chi connectivity index (χ1v) is 10.9. The van der Waals surface area contributed by atoms with Gasteiger partial charge < -0.3 is 14.2 Å². The van der Waals surface area contributed by atoms with Gasteiger partial charge in [-0.3, -0.25) is 9.59 Å². The molecular weight excluding hydrogens is 456 g/mol. The fourth-order valence-corrected chi connectivity index (χ4v) is 3.91. The number of halogens is 3. The predicted molar refractivity (Wildman–Crippen MR) is 119 cm³/mol. The fourth-order valence-electron chi connectivity index (χ4n) is 3.54. The summed E-state index contributed by atoms with van der Waals surface area (Å²) in [5.74, 6) is 0.326. The number of piperazine rings is 1. The number of oxazole rings is 1. The van der Waals surface area contributed by atoms with E-state index < -0.39 is 5.82 Å². The molecule has 0 atom stereocenters. The van der Waals surface area contributed by atoms with Crippen molar-refractivity contribution in [2.75, 3.05) is 26.2 Å². The fraction of sp³-hybridized carbons (Fsp3) is 0.261. The van der Waals surface area contributed by atoms with E-state index in [-0.39, 0.29) is 28.8 Å². The molecule has 2 heterocycles. The molecule has 3 aromatic rings. The van der Waals surface area contributed by atoms with Gasteiger partial charge in [-0.15, -0.1) is 0 Å². The number of hydrogen-bond donors (Lipinski definition) is 0. The van der Waals surface area contributed by atoms with Crippen molar-refractivity contribution in [2.45, 2.75) is 12.8 Å². The topological polar surface area (TPSA) is 66.7 Å². The Labute approximate surface area is 194 Å². The minimum atomic E-state index is -0.492. The number of aromatic nitrogens is 1. The summed E-state index contributed by atoms with van der Waals surface area (Å²) < 4.78 is 19.0. The number of nitrogens with zero attached hydrogens (tertiary/aromatic N) is 3. The van der Waals surface area contributed by atoms with Crippen LogP contribution in [-0.4, -0.2) is 52.8 Å². The second-order valence-corrected chi connectivity index (χ2v) is 8.27. The van der Waals surface area contributed by atoms with Crippen molar-refractivity contribution in [3.05, 3.63) is 76.0 Å². The minimum absolute atomic E-state index is 0.0249. The van der Waals surface area contributed by atoms with Gasteiger partial charge in [0.25, 0.3) is 5.91 Å². The van der Waals surface area contributed by atoms with E-state index >= 15 is 0 Å². The lowest BCUT2D eigenvalue weighted by Gasteiger charge is -2.35. The highest BCUT2D eigenvalue weighted by atomic mass is 35.5. The van der Waals surface area contributed by atoms with E-state index in [2.05, 4.69) is 4.98 Å². The molecule has 0 radical (unpaired) electrons. The molecule has 1 fully saturated rings. The number of hydrogen-bond acceptors (Lipinski definition) is 4. The summed E-state index contributed by atoms with van der Waals surface area (Å²) in [4.78, 5) is 32.8. The summed E-state index contributed by atoms with van der Waals surface area (Å²) in [5, 5.41) is 0.721. The average Bonchev–Trinajstić information content (AvgIpc) is 3.27. The molecule has 1 saturated heterocycles. The lowest BCUT2D eigenvalue weighted by Crippen LogP contribution is -2.50. The average molecular weight is 476 g/mol. The predicted octanol–water partition coefficient (Wildman–Crippen LogP) is 4.70. The monoisotopic (exact) mass is 475 g/mol. The van der Waals surface area contributed by atoms with Gasteiger partial charge in [-0.05, 0) is 42.5 Å². The van der Waals surface area contributed by atoms with Crippen molar-refractivity contribution in [2.24, 2.45) is 0 Å². The van der Waals surface area contributed by atoms with E-state index in [0.717, 1.165) is 11.6 Å². The van der Waals surface area contributed by atoms with Gasteiger partial charge in [0.1, 0.15) is 5.82 Å². The van der Waals surface area contributed by atoms with Crippen molar-refractivity contribution in [1.29, 1.82) is 0 Å². The lowest BCUT2D eigenvalue weighted by atomic mass is 10.1. The van der Waals surface area contributed by atoms with Crippen LogP contribution in [0.1, 0.15) is 22.7 Å². The van der Waals surface area contributed by atoms with Gasteiger partial charge in [0.15, 0.2) is 11.7 Å². The van der Waals surface area contributed by atoms with E-state index in [1.165, 1.54) is 12.1 Å². The molecule has 0 N–H and O–H groups in total. The van der Waals surface area contributed by atoms with Gasteiger partial charge in [0, 0.05) is 49.6 Å². The first-order chi connectivity index (χ1) is 15.4. The zero-order chi connectivity index (χ0) is 22.7. The number of carbonyl (C=O) groups is 2. The Balaban J connectivity index is 1.28. The third-order valence-corrected chi connectivity index (χ3v) is 5.88. The summed E-state index contributed by atoms with van der Waals surface area (Å²) in [6.07, 6.45) is 2.28. The highest BCUT2D eigenvalue weighted by Gasteiger charge is 2.26. The zero-order valence-electron chi connectivity index (χ0n) is 17.1. The molecule has 6 nitrogen and oxygen atoms in total. The number of carbonyl (C=O) groups excluding carboxylic acids is 2. The second kappa shape index (κ2) is 9.71. The van der Waals surface area contributed by atoms with Crippen LogP contribution in [0, 0.1) is 5.82 Å². The van der Waals surface area contributed by atoms with Gasteiger partial charge in [-0.25, -0.2) is 9.37 Å². The van der Waals surface area contributed by atoms with Crippen LogP contribution in [0.5, 0.6) is 0 Å². The van der Waals surface area contributed by atoms with Gasteiger partial charge >= 0.3 is 0 Å². The SMILES string of the molecule is O=C(CCc1ncc(-c2ccc(Cl)cc2)o1)N1CCN(C(=O)c2ccc(F)cc2Cl)CC1. The van der Waals surface area contributed by atoms with Crippen molar-refractivity contribution in [1.82, 2.24) is 14.8 Å². The standard InChI is InChI=1S/C23H20Cl2FN3O3/c24-16-3-1-15(2-4-16)20-14-27-21(32-20)7-8-22(30)28-9-11-29(12-10-28)23(31)18-6-5-17(26)13-19(18)25/h1-6,13-14H,7-12H2. The third-order valence-electron chi connectivity index (χ3n) is 5.32. The number of amides is 2. The van der Waals surface area contributed by atoms with Crippen LogP contribution >= 0.6 is 23.2 Å². The van der Waals surface area contributed by atoms with E-state index in [1.54, 1.807) is 28.1 Å². The Hall–Kier alpha value is -2.90. The van der Waals surface area contributed by atoms with Gasteiger partial charge in [-0.1, -0.05) is 23.2 Å². The van der Waals surface area contributed by atoms with Crippen molar-refractivity contribution in [3.8, 4) is 11.3 Å². The second-order valence-electron chi connectivity index (χ2n) is 7.42. The Kier molecular flexibility index (Phi) is 6.77. The van der Waals surface area contributed by atoms with Crippen molar-refractivity contribution < 1.29 is 18.4 Å². The molecule has 0 aliphatic carbocycles. The van der Waals surface area contributed by atoms with Crippen LogP contribution in [0.2, 0.25) is 10.0 Å². The lowest BCUT2D eigenvalue weighted by molar-refractivity contribution is -0.132. The molecule has 0 bridgehead atoms. The summed E-state index contributed by atoms with van der Waals surface area (Å²) in [7, 11) is 0. The molecule has 32 heavy (non-hydrogen) atoms. The quantitative estimate of drug-likeness (QED) is 0.536. The van der Waals surface area contributed by atoms with E-state index in [0.29, 0.717) is 49.3 Å². The maximum Gasteiger partial charge on any atom is 0.255 e. The summed E-state index contributed by atoms with van der Waals surface area (Å²) in [6, 6.07) is 10.9. The van der Waals surface area contributed by atoms with Gasteiger partial charge in [-0.2, -0.15) is 0 Å². The van der Waals surface area contributed by atoms with Gasteiger partial charge in [0.05, 0.1) is 16.8 Å². The van der Waals surface area contributed by atoms with E-state index in [1.807, 2.05) is 12.1 Å². The molecule has 0 spiro atoms. The molecule has 0 saturated carbocycles. The van der Waals surface area contributed by atoms with E-state index in [9.17, 15) is 14.0 Å². The largest absolute Gasteiger partial charge is 0.441 e. The van der Waals surface area contributed by atoms with Gasteiger partial charge in [0.2, 0.25) is 5.91 Å². The molecule has 1 aromatic heterocycles. The molecule has 1 aliphatic heterocycles. The summed E-state index contributed by atoms with van der Waals surface area (Å²) in [6.45, 7) is 1.62.